The molecule has 0 atom stereocenters. The van der Waals surface area contributed by atoms with Gasteiger partial charge in [-0.1, -0.05) is 159 Å². The van der Waals surface area contributed by atoms with Gasteiger partial charge in [0.15, 0.2) is 0 Å². The van der Waals surface area contributed by atoms with Crippen LogP contribution in [0.5, 0.6) is 0 Å². The van der Waals surface area contributed by atoms with Crippen molar-refractivity contribution in [3.8, 4) is 17.2 Å². The van der Waals surface area contributed by atoms with Crippen LogP contribution in [0.15, 0.2) is 164 Å². The summed E-state index contributed by atoms with van der Waals surface area (Å²) in [6.45, 7) is 12.0. The van der Waals surface area contributed by atoms with Crippen LogP contribution in [0, 0.1) is 0 Å². The zero-order valence-electron chi connectivity index (χ0n) is 32.3. The quantitative estimate of drug-likeness (QED) is 0.145. The van der Waals surface area contributed by atoms with Gasteiger partial charge in [0.1, 0.15) is 0 Å². The largest absolute Gasteiger partial charge is 0.277 e. The number of benzene rings is 5. The van der Waals surface area contributed by atoms with Crippen molar-refractivity contribution in [2.24, 2.45) is 0 Å². The lowest BCUT2D eigenvalue weighted by molar-refractivity contribution is 0.993. The summed E-state index contributed by atoms with van der Waals surface area (Å²) in [4.78, 5) is 10.0. The third-order valence-electron chi connectivity index (χ3n) is 8.91. The van der Waals surface area contributed by atoms with E-state index < -0.39 is 0 Å². The van der Waals surface area contributed by atoms with Crippen LogP contribution in [0.3, 0.4) is 0 Å². The normalized spacial score (nSPS) is 12.1. The van der Waals surface area contributed by atoms with Gasteiger partial charge in [0.2, 0.25) is 5.95 Å². The fourth-order valence-electron chi connectivity index (χ4n) is 6.29. The Kier molecular flexibility index (Phi) is 16.1. The molecule has 0 bridgehead atoms. The second-order valence-electron chi connectivity index (χ2n) is 11.9. The van der Waals surface area contributed by atoms with E-state index >= 15 is 0 Å². The number of aromatic nitrogens is 3. The summed E-state index contributed by atoms with van der Waals surface area (Å²) in [5.74, 6) is 0.684. The SMILES string of the molecule is C/C=C\C.C/C=C\C.C1=C(c2ccccc2)CCC(c2ccccc2-c2ccnc(-n3c4ccccc4c4ccc5ccccc5c43)n2)=C1.CC.CS. The molecule has 2 aromatic heterocycles. The van der Waals surface area contributed by atoms with Gasteiger partial charge in [-0.25, -0.2) is 9.97 Å². The number of fused-ring (bicyclic) bond motifs is 5. The van der Waals surface area contributed by atoms with E-state index in [2.05, 4.69) is 145 Å². The Morgan fingerprint density at radius 1 is 0.547 bits per heavy atom. The Balaban J connectivity index is 0.000000466. The molecule has 0 fully saturated rings. The first kappa shape index (κ1) is 40.3. The molecule has 7 aromatic rings. The molecule has 0 unspecified atom stereocenters. The van der Waals surface area contributed by atoms with Crippen molar-refractivity contribution < 1.29 is 0 Å². The van der Waals surface area contributed by atoms with Gasteiger partial charge in [0.25, 0.3) is 0 Å². The first-order chi connectivity index (χ1) is 26.2. The van der Waals surface area contributed by atoms with E-state index in [1.165, 1.54) is 43.8 Å². The molecule has 0 spiro atoms. The number of allylic oxidation sites excluding steroid dienone is 8. The summed E-state index contributed by atoms with van der Waals surface area (Å²) in [6, 6.07) is 42.9. The number of hydrogen-bond acceptors (Lipinski definition) is 3. The van der Waals surface area contributed by atoms with Crippen LogP contribution in [0.25, 0.3) is 60.9 Å². The molecule has 270 valence electrons. The van der Waals surface area contributed by atoms with Crippen molar-refractivity contribution in [2.45, 2.75) is 54.4 Å². The summed E-state index contributed by atoms with van der Waals surface area (Å²) < 4.78 is 2.23. The second kappa shape index (κ2) is 21.2. The number of hydrogen-bond donors (Lipinski definition) is 1. The van der Waals surface area contributed by atoms with E-state index in [0.29, 0.717) is 5.95 Å². The third kappa shape index (κ3) is 9.51. The molecule has 4 heteroatoms. The number of thiol groups is 1. The van der Waals surface area contributed by atoms with Crippen LogP contribution in [-0.2, 0) is 0 Å². The molecule has 0 amide bonds. The number of rotatable bonds is 4. The molecule has 3 nitrogen and oxygen atoms in total. The zero-order valence-corrected chi connectivity index (χ0v) is 33.2. The van der Waals surface area contributed by atoms with Gasteiger partial charge in [-0.3, -0.25) is 4.57 Å². The van der Waals surface area contributed by atoms with E-state index in [0.717, 1.165) is 35.1 Å². The fourth-order valence-corrected chi connectivity index (χ4v) is 6.29. The molecule has 0 saturated carbocycles. The summed E-state index contributed by atoms with van der Waals surface area (Å²) in [7, 11) is 0. The average molecular weight is 716 g/mol. The standard InChI is InChI=1S/C38H27N3.2C4H8.C2H6.CH4S/c1-2-10-26(11-3-1)27-18-20-29(21-19-27)30-13-6-7-15-32(30)35-24-25-39-38(40-35)41-36-17-9-8-16-33(36)34-23-22-28-12-4-5-14-31(28)37(34)41;2*1-3-4-2;2*1-2/h1-18,20,22-25H,19,21H2;2*3-4H,1-2H3;1-2H3;2H,1H3/b;2*4-3-;;. The van der Waals surface area contributed by atoms with Crippen molar-refractivity contribution in [3.63, 3.8) is 0 Å². The Bertz CT molecular complexity index is 2310. The highest BCUT2D eigenvalue weighted by Crippen LogP contribution is 2.38. The molecule has 53 heavy (non-hydrogen) atoms. The van der Waals surface area contributed by atoms with Gasteiger partial charge in [-0.15, -0.1) is 0 Å². The Morgan fingerprint density at radius 3 is 1.77 bits per heavy atom. The third-order valence-corrected chi connectivity index (χ3v) is 8.91. The molecular weight excluding hydrogens is 663 g/mol. The lowest BCUT2D eigenvalue weighted by atomic mass is 9.87. The second-order valence-corrected chi connectivity index (χ2v) is 11.9. The van der Waals surface area contributed by atoms with Gasteiger partial charge in [0, 0.05) is 27.9 Å². The topological polar surface area (TPSA) is 30.7 Å². The summed E-state index contributed by atoms with van der Waals surface area (Å²) >= 11 is 3.53. The van der Waals surface area contributed by atoms with Gasteiger partial charge >= 0.3 is 0 Å². The van der Waals surface area contributed by atoms with Crippen LogP contribution in [0.1, 0.15) is 65.5 Å². The molecule has 1 aliphatic carbocycles. The average Bonchev–Trinajstić information content (AvgIpc) is 3.61. The maximum absolute atomic E-state index is 5.22. The highest BCUT2D eigenvalue weighted by atomic mass is 32.1. The van der Waals surface area contributed by atoms with Crippen LogP contribution < -0.4 is 0 Å². The van der Waals surface area contributed by atoms with E-state index in [9.17, 15) is 0 Å². The predicted molar refractivity (Wildman–Crippen MR) is 238 cm³/mol. The monoisotopic (exact) mass is 715 g/mol. The number of para-hydroxylation sites is 1. The lowest BCUT2D eigenvalue weighted by Crippen LogP contribution is -2.03. The zero-order chi connectivity index (χ0) is 38.0. The van der Waals surface area contributed by atoms with Crippen LogP contribution in [0.2, 0.25) is 0 Å². The minimum atomic E-state index is 0.684. The molecular formula is C49H53N3S. The summed E-state index contributed by atoms with van der Waals surface area (Å²) in [6.07, 6.45) is 18.2. The maximum Gasteiger partial charge on any atom is 0.235 e. The summed E-state index contributed by atoms with van der Waals surface area (Å²) in [5.41, 5.74) is 9.56. The first-order valence-electron chi connectivity index (χ1n) is 18.6. The van der Waals surface area contributed by atoms with Gasteiger partial charge in [0.05, 0.1) is 16.7 Å². The minimum Gasteiger partial charge on any atom is -0.277 e. The fraction of sp³-hybridized carbons (Fsp3) is 0.184. The van der Waals surface area contributed by atoms with Gasteiger partial charge in [-0.05, 0) is 86.6 Å². The van der Waals surface area contributed by atoms with Crippen LogP contribution >= 0.6 is 12.6 Å². The Hall–Kier alpha value is -5.45. The Labute approximate surface area is 322 Å². The smallest absolute Gasteiger partial charge is 0.235 e. The van der Waals surface area contributed by atoms with E-state index in [4.69, 9.17) is 9.97 Å². The summed E-state index contributed by atoms with van der Waals surface area (Å²) in [5, 5.41) is 4.82. The van der Waals surface area contributed by atoms with E-state index in [-0.39, 0.29) is 0 Å². The lowest BCUT2D eigenvalue weighted by Gasteiger charge is -2.18. The van der Waals surface area contributed by atoms with E-state index in [1.807, 2.05) is 78.1 Å². The minimum absolute atomic E-state index is 0.684. The van der Waals surface area contributed by atoms with Gasteiger partial charge < -0.3 is 0 Å². The molecule has 2 heterocycles. The first-order valence-corrected chi connectivity index (χ1v) is 19.5. The van der Waals surface area contributed by atoms with Crippen LogP contribution in [-0.4, -0.2) is 20.8 Å². The molecule has 0 N–H and O–H groups in total. The molecule has 0 saturated heterocycles. The highest BCUT2D eigenvalue weighted by Gasteiger charge is 2.18. The predicted octanol–water partition coefficient (Wildman–Crippen LogP) is 14.4. The molecule has 8 rings (SSSR count). The van der Waals surface area contributed by atoms with Gasteiger partial charge in [-0.2, -0.15) is 12.6 Å². The van der Waals surface area contributed by atoms with Crippen molar-refractivity contribution in [3.05, 3.63) is 175 Å². The Morgan fingerprint density at radius 2 is 1.11 bits per heavy atom. The van der Waals surface area contributed by atoms with Crippen molar-refractivity contribution in [1.29, 1.82) is 0 Å². The maximum atomic E-state index is 5.22. The van der Waals surface area contributed by atoms with Crippen molar-refractivity contribution in [2.75, 3.05) is 6.26 Å². The molecule has 5 aromatic carbocycles. The number of nitrogens with zero attached hydrogens (tertiary/aromatic N) is 3. The van der Waals surface area contributed by atoms with E-state index in [1.54, 1.807) is 6.26 Å². The molecule has 0 radical (unpaired) electrons. The van der Waals surface area contributed by atoms with Crippen molar-refractivity contribution in [1.82, 2.24) is 14.5 Å². The molecule has 1 aliphatic rings. The highest BCUT2D eigenvalue weighted by molar-refractivity contribution is 7.79. The molecule has 0 aliphatic heterocycles. The van der Waals surface area contributed by atoms with Crippen molar-refractivity contribution >= 4 is 56.4 Å². The van der Waals surface area contributed by atoms with Crippen LogP contribution in [0.4, 0.5) is 0 Å².